The van der Waals surface area contributed by atoms with Crippen molar-refractivity contribution in [3.8, 4) is 21.9 Å². The van der Waals surface area contributed by atoms with E-state index in [0.717, 1.165) is 37.5 Å². The molecule has 5 heteroatoms. The molecule has 0 radical (unpaired) electrons. The Hall–Kier alpha value is -2.86. The first-order chi connectivity index (χ1) is 17.3. The standard InChI is InChI=1S/C30H34N2O2S/c31-16-5-20-33-26-14-10-24(11-15-26)30-28(27-6-1-2-7-29(27)35-30)22-23-8-12-25(13-9-23)34-21-19-32-17-3-4-18-32/h1-2,6-15H,3-5,16-22,31H2. The molecule has 1 aliphatic heterocycles. The molecular weight excluding hydrogens is 452 g/mol. The summed E-state index contributed by atoms with van der Waals surface area (Å²) in [6.45, 7) is 5.50. The van der Waals surface area contributed by atoms with E-state index in [2.05, 4.69) is 77.7 Å². The van der Waals surface area contributed by atoms with E-state index in [1.807, 2.05) is 11.3 Å². The van der Waals surface area contributed by atoms with Crippen LogP contribution in [0.2, 0.25) is 0 Å². The Morgan fingerprint density at radius 3 is 2.23 bits per heavy atom. The van der Waals surface area contributed by atoms with Crippen molar-refractivity contribution in [1.29, 1.82) is 0 Å². The molecule has 1 aliphatic rings. The number of hydrogen-bond donors (Lipinski definition) is 1. The maximum Gasteiger partial charge on any atom is 0.119 e. The molecule has 35 heavy (non-hydrogen) atoms. The first-order valence-electron chi connectivity index (χ1n) is 12.7. The minimum Gasteiger partial charge on any atom is -0.494 e. The molecule has 0 atom stereocenters. The fourth-order valence-electron chi connectivity index (χ4n) is 4.69. The Morgan fingerprint density at radius 2 is 1.49 bits per heavy atom. The van der Waals surface area contributed by atoms with Gasteiger partial charge in [0.25, 0.3) is 0 Å². The zero-order valence-electron chi connectivity index (χ0n) is 20.2. The summed E-state index contributed by atoms with van der Waals surface area (Å²) in [5, 5.41) is 1.33. The van der Waals surface area contributed by atoms with E-state index in [-0.39, 0.29) is 0 Å². The van der Waals surface area contributed by atoms with Gasteiger partial charge in [-0.1, -0.05) is 30.3 Å². The van der Waals surface area contributed by atoms with Crippen LogP contribution in [0.15, 0.2) is 72.8 Å². The lowest BCUT2D eigenvalue weighted by Gasteiger charge is -2.15. The lowest BCUT2D eigenvalue weighted by Crippen LogP contribution is -2.25. The molecule has 1 aromatic heterocycles. The normalized spacial score (nSPS) is 14.0. The fraction of sp³-hybridized carbons (Fsp3) is 0.333. The van der Waals surface area contributed by atoms with Crippen LogP contribution in [-0.2, 0) is 6.42 Å². The summed E-state index contributed by atoms with van der Waals surface area (Å²) in [5.41, 5.74) is 9.48. The number of ether oxygens (including phenoxy) is 2. The number of thiophene rings is 1. The quantitative estimate of drug-likeness (QED) is 0.251. The molecule has 0 saturated carbocycles. The predicted octanol–water partition coefficient (Wildman–Crippen LogP) is 6.36. The smallest absolute Gasteiger partial charge is 0.119 e. The molecule has 0 bridgehead atoms. The molecule has 3 aromatic carbocycles. The minimum absolute atomic E-state index is 0.648. The molecule has 4 nitrogen and oxygen atoms in total. The highest BCUT2D eigenvalue weighted by atomic mass is 32.1. The van der Waals surface area contributed by atoms with Gasteiger partial charge in [0.05, 0.1) is 6.61 Å². The third-order valence-electron chi connectivity index (χ3n) is 6.61. The van der Waals surface area contributed by atoms with Crippen molar-refractivity contribution in [3.63, 3.8) is 0 Å². The number of fused-ring (bicyclic) bond motifs is 1. The van der Waals surface area contributed by atoms with E-state index >= 15 is 0 Å². The second-order valence-electron chi connectivity index (χ2n) is 9.14. The lowest BCUT2D eigenvalue weighted by atomic mass is 9.99. The Morgan fingerprint density at radius 1 is 0.800 bits per heavy atom. The first kappa shape index (κ1) is 23.9. The van der Waals surface area contributed by atoms with Crippen LogP contribution < -0.4 is 15.2 Å². The summed E-state index contributed by atoms with van der Waals surface area (Å²) in [6.07, 6.45) is 4.40. The zero-order valence-corrected chi connectivity index (χ0v) is 21.1. The van der Waals surface area contributed by atoms with Gasteiger partial charge in [-0.2, -0.15) is 0 Å². The maximum absolute atomic E-state index is 6.01. The zero-order chi connectivity index (χ0) is 23.9. The largest absolute Gasteiger partial charge is 0.494 e. The van der Waals surface area contributed by atoms with Gasteiger partial charge in [-0.05, 0) is 110 Å². The SMILES string of the molecule is NCCCOc1ccc(-c2sc3ccccc3c2Cc2ccc(OCCN3CCCC3)cc2)cc1. The summed E-state index contributed by atoms with van der Waals surface area (Å²) in [6, 6.07) is 25.8. The molecule has 0 amide bonds. The summed E-state index contributed by atoms with van der Waals surface area (Å²) < 4.78 is 13.1. The van der Waals surface area contributed by atoms with Gasteiger partial charge in [0.2, 0.25) is 0 Å². The summed E-state index contributed by atoms with van der Waals surface area (Å²) in [5.74, 6) is 1.85. The van der Waals surface area contributed by atoms with Gasteiger partial charge >= 0.3 is 0 Å². The third kappa shape index (κ3) is 6.04. The molecule has 2 N–H and O–H groups in total. The van der Waals surface area contributed by atoms with Crippen molar-refractivity contribution in [2.75, 3.05) is 39.4 Å². The topological polar surface area (TPSA) is 47.7 Å². The average molecular weight is 487 g/mol. The van der Waals surface area contributed by atoms with Crippen LogP contribution in [0.5, 0.6) is 11.5 Å². The molecule has 0 spiro atoms. The van der Waals surface area contributed by atoms with Crippen LogP contribution in [0, 0.1) is 0 Å². The Bertz CT molecular complexity index is 1210. The molecule has 0 unspecified atom stereocenters. The van der Waals surface area contributed by atoms with Crippen molar-refractivity contribution in [3.05, 3.63) is 83.9 Å². The number of rotatable bonds is 11. The van der Waals surface area contributed by atoms with Gasteiger partial charge in [-0.15, -0.1) is 11.3 Å². The molecule has 1 saturated heterocycles. The van der Waals surface area contributed by atoms with Crippen LogP contribution in [0.4, 0.5) is 0 Å². The Balaban J connectivity index is 1.31. The highest BCUT2D eigenvalue weighted by Gasteiger charge is 2.15. The molecular formula is C30H34N2O2S. The van der Waals surface area contributed by atoms with Crippen molar-refractivity contribution >= 4 is 21.4 Å². The summed E-state index contributed by atoms with van der Waals surface area (Å²) in [4.78, 5) is 3.81. The van der Waals surface area contributed by atoms with Gasteiger partial charge in [0.15, 0.2) is 0 Å². The second kappa shape index (κ2) is 11.7. The number of likely N-dealkylation sites (tertiary alicyclic amines) is 1. The number of benzene rings is 3. The highest BCUT2D eigenvalue weighted by Crippen LogP contribution is 2.40. The van der Waals surface area contributed by atoms with Crippen molar-refractivity contribution < 1.29 is 9.47 Å². The fourth-order valence-corrected chi connectivity index (χ4v) is 5.92. The highest BCUT2D eigenvalue weighted by molar-refractivity contribution is 7.22. The van der Waals surface area contributed by atoms with Gasteiger partial charge in [-0.25, -0.2) is 0 Å². The summed E-state index contributed by atoms with van der Waals surface area (Å²) >= 11 is 1.86. The molecule has 2 heterocycles. The Labute approximate surface area is 212 Å². The van der Waals surface area contributed by atoms with Gasteiger partial charge in [0, 0.05) is 16.1 Å². The van der Waals surface area contributed by atoms with Gasteiger partial charge < -0.3 is 15.2 Å². The predicted molar refractivity (Wildman–Crippen MR) is 147 cm³/mol. The first-order valence-corrected chi connectivity index (χ1v) is 13.5. The minimum atomic E-state index is 0.648. The van der Waals surface area contributed by atoms with Gasteiger partial charge in [0.1, 0.15) is 18.1 Å². The monoisotopic (exact) mass is 486 g/mol. The van der Waals surface area contributed by atoms with E-state index in [1.54, 1.807) is 0 Å². The molecule has 0 aliphatic carbocycles. The number of nitrogens with two attached hydrogens (primary N) is 1. The van der Waals surface area contributed by atoms with Crippen molar-refractivity contribution in [2.45, 2.75) is 25.7 Å². The lowest BCUT2D eigenvalue weighted by molar-refractivity contribution is 0.238. The van der Waals surface area contributed by atoms with E-state index in [0.29, 0.717) is 13.2 Å². The third-order valence-corrected chi connectivity index (χ3v) is 7.87. The van der Waals surface area contributed by atoms with E-state index in [9.17, 15) is 0 Å². The van der Waals surface area contributed by atoms with E-state index in [4.69, 9.17) is 15.2 Å². The van der Waals surface area contributed by atoms with Crippen molar-refractivity contribution in [2.24, 2.45) is 5.73 Å². The van der Waals surface area contributed by atoms with E-state index in [1.165, 1.54) is 57.6 Å². The van der Waals surface area contributed by atoms with Crippen molar-refractivity contribution in [1.82, 2.24) is 4.90 Å². The average Bonchev–Trinajstić information content (AvgIpc) is 3.54. The second-order valence-corrected chi connectivity index (χ2v) is 10.2. The molecule has 1 fully saturated rings. The number of hydrogen-bond acceptors (Lipinski definition) is 5. The Kier molecular flexibility index (Phi) is 7.99. The summed E-state index contributed by atoms with van der Waals surface area (Å²) in [7, 11) is 0. The van der Waals surface area contributed by atoms with Crippen LogP contribution in [0.25, 0.3) is 20.5 Å². The van der Waals surface area contributed by atoms with Crippen LogP contribution in [0.1, 0.15) is 30.4 Å². The van der Waals surface area contributed by atoms with Crippen LogP contribution in [-0.4, -0.2) is 44.3 Å². The molecule has 182 valence electrons. The van der Waals surface area contributed by atoms with Crippen LogP contribution in [0.3, 0.4) is 0 Å². The maximum atomic E-state index is 6.01. The van der Waals surface area contributed by atoms with E-state index < -0.39 is 0 Å². The number of nitrogens with zero attached hydrogens (tertiary/aromatic N) is 1. The molecule has 5 rings (SSSR count). The van der Waals surface area contributed by atoms with Crippen LogP contribution >= 0.6 is 11.3 Å². The molecule has 4 aromatic rings. The van der Waals surface area contributed by atoms with Gasteiger partial charge in [-0.3, -0.25) is 4.90 Å².